The van der Waals surface area contributed by atoms with Crippen molar-refractivity contribution in [1.82, 2.24) is 24.6 Å². The average Bonchev–Trinajstić information content (AvgIpc) is 3.38. The highest BCUT2D eigenvalue weighted by Crippen LogP contribution is 2.26. The Bertz CT molecular complexity index is 1090. The van der Waals surface area contributed by atoms with E-state index >= 15 is 0 Å². The zero-order valence-corrected chi connectivity index (χ0v) is 20.9. The smallest absolute Gasteiger partial charge is 0.274 e. The van der Waals surface area contributed by atoms with Gasteiger partial charge in [-0.25, -0.2) is 9.67 Å². The first-order valence-electron chi connectivity index (χ1n) is 11.2. The third kappa shape index (κ3) is 6.34. The van der Waals surface area contributed by atoms with Crippen LogP contribution in [0.25, 0.3) is 0 Å². The van der Waals surface area contributed by atoms with Crippen molar-refractivity contribution in [2.75, 3.05) is 26.2 Å². The minimum atomic E-state index is -0.0398. The van der Waals surface area contributed by atoms with Crippen molar-refractivity contribution in [2.45, 2.75) is 45.9 Å². The van der Waals surface area contributed by atoms with E-state index in [9.17, 15) is 4.79 Å². The Morgan fingerprint density at radius 3 is 2.79 bits per heavy atom. The molecule has 9 heteroatoms. The van der Waals surface area contributed by atoms with Gasteiger partial charge in [-0.2, -0.15) is 5.10 Å². The standard InChI is InChI=1S/C24H30ClN5O2S/c1-24(2,3)23-26-19(16-33-23)15-28-9-5-10-29(13-12-28)22(31)21-8-11-30(27-21)17-32-20-7-4-6-18(25)14-20/h4,6-8,11,14,16H,5,9-10,12-13,15,17H2,1-3H3. The molecule has 33 heavy (non-hydrogen) atoms. The molecule has 176 valence electrons. The van der Waals surface area contributed by atoms with Crippen molar-refractivity contribution in [3.63, 3.8) is 0 Å². The first-order valence-corrected chi connectivity index (χ1v) is 12.4. The number of carbonyl (C=O) groups excluding carboxylic acids is 1. The van der Waals surface area contributed by atoms with E-state index in [1.54, 1.807) is 40.4 Å². The molecule has 1 saturated heterocycles. The Kier molecular flexibility index (Phi) is 7.36. The van der Waals surface area contributed by atoms with Gasteiger partial charge in [0.1, 0.15) is 5.75 Å². The summed E-state index contributed by atoms with van der Waals surface area (Å²) in [5.41, 5.74) is 1.63. The highest BCUT2D eigenvalue weighted by Gasteiger charge is 2.23. The Labute approximate surface area is 203 Å². The van der Waals surface area contributed by atoms with Gasteiger partial charge in [0.25, 0.3) is 5.91 Å². The van der Waals surface area contributed by atoms with Crippen LogP contribution in [0.15, 0.2) is 41.9 Å². The summed E-state index contributed by atoms with van der Waals surface area (Å²) in [6, 6.07) is 8.95. The zero-order chi connectivity index (χ0) is 23.4. The van der Waals surface area contributed by atoms with Crippen molar-refractivity contribution in [3.8, 4) is 5.75 Å². The highest BCUT2D eigenvalue weighted by atomic mass is 35.5. The molecule has 7 nitrogen and oxygen atoms in total. The normalized spacial score (nSPS) is 15.5. The number of thiazole rings is 1. The fourth-order valence-corrected chi connectivity index (χ4v) is 4.77. The second-order valence-electron chi connectivity index (χ2n) is 9.29. The van der Waals surface area contributed by atoms with Crippen LogP contribution in [0.4, 0.5) is 0 Å². The van der Waals surface area contributed by atoms with E-state index in [-0.39, 0.29) is 18.1 Å². The molecule has 1 fully saturated rings. The van der Waals surface area contributed by atoms with Crippen molar-refractivity contribution >= 4 is 28.8 Å². The summed E-state index contributed by atoms with van der Waals surface area (Å²) in [6.07, 6.45) is 2.69. The maximum absolute atomic E-state index is 13.0. The number of rotatable bonds is 6. The van der Waals surface area contributed by atoms with Gasteiger partial charge >= 0.3 is 0 Å². The lowest BCUT2D eigenvalue weighted by Crippen LogP contribution is -2.35. The number of hydrogen-bond acceptors (Lipinski definition) is 6. The second kappa shape index (κ2) is 10.2. The van der Waals surface area contributed by atoms with Gasteiger partial charge in [0.15, 0.2) is 12.4 Å². The molecule has 0 aliphatic carbocycles. The van der Waals surface area contributed by atoms with Gasteiger partial charge in [0, 0.05) is 54.7 Å². The number of nitrogens with zero attached hydrogens (tertiary/aromatic N) is 5. The maximum atomic E-state index is 13.0. The van der Waals surface area contributed by atoms with Crippen molar-refractivity contribution in [2.24, 2.45) is 0 Å². The van der Waals surface area contributed by atoms with Crippen LogP contribution in [-0.2, 0) is 18.7 Å². The molecule has 0 bridgehead atoms. The molecule has 3 aromatic rings. The molecule has 0 radical (unpaired) electrons. The molecule has 0 atom stereocenters. The van der Waals surface area contributed by atoms with Crippen molar-refractivity contribution < 1.29 is 9.53 Å². The van der Waals surface area contributed by atoms with Gasteiger partial charge in [-0.3, -0.25) is 9.69 Å². The van der Waals surface area contributed by atoms with Crippen LogP contribution in [0, 0.1) is 0 Å². The number of carbonyl (C=O) groups is 1. The van der Waals surface area contributed by atoms with Crippen LogP contribution < -0.4 is 4.74 Å². The van der Waals surface area contributed by atoms with E-state index < -0.39 is 0 Å². The lowest BCUT2D eigenvalue weighted by atomic mass is 9.98. The third-order valence-corrected chi connectivity index (χ3v) is 7.03. The molecule has 1 amide bonds. The quantitative estimate of drug-likeness (QED) is 0.505. The SMILES string of the molecule is CC(C)(C)c1nc(CN2CCCN(C(=O)c3ccn(COc4cccc(Cl)c4)n3)CC2)cs1. The second-order valence-corrected chi connectivity index (χ2v) is 10.6. The Hall–Kier alpha value is -2.42. The van der Waals surface area contributed by atoms with Crippen LogP contribution in [0.5, 0.6) is 5.75 Å². The van der Waals surface area contributed by atoms with Crippen LogP contribution >= 0.6 is 22.9 Å². The summed E-state index contributed by atoms with van der Waals surface area (Å²) in [6.45, 7) is 10.8. The molecule has 0 unspecified atom stereocenters. The lowest BCUT2D eigenvalue weighted by Gasteiger charge is -2.21. The molecule has 0 saturated carbocycles. The van der Waals surface area contributed by atoms with Gasteiger partial charge in [-0.15, -0.1) is 11.3 Å². The third-order valence-electron chi connectivity index (χ3n) is 5.47. The van der Waals surface area contributed by atoms with Crippen LogP contribution in [0.3, 0.4) is 0 Å². The first-order chi connectivity index (χ1) is 15.8. The summed E-state index contributed by atoms with van der Waals surface area (Å²) in [4.78, 5) is 22.1. The zero-order valence-electron chi connectivity index (χ0n) is 19.3. The molecular weight excluding hydrogens is 458 g/mol. The fourth-order valence-electron chi connectivity index (χ4n) is 3.69. The Morgan fingerprint density at radius 2 is 2.03 bits per heavy atom. The lowest BCUT2D eigenvalue weighted by molar-refractivity contribution is 0.0753. The number of ether oxygens (including phenoxy) is 1. The molecule has 1 aromatic carbocycles. The summed E-state index contributed by atoms with van der Waals surface area (Å²) >= 11 is 7.72. The van der Waals surface area contributed by atoms with E-state index in [0.717, 1.165) is 38.3 Å². The minimum Gasteiger partial charge on any atom is -0.471 e. The van der Waals surface area contributed by atoms with Gasteiger partial charge in [-0.1, -0.05) is 38.4 Å². The number of amides is 1. The van der Waals surface area contributed by atoms with Crippen LogP contribution in [0.2, 0.25) is 5.02 Å². The molecule has 0 N–H and O–H groups in total. The Morgan fingerprint density at radius 1 is 1.18 bits per heavy atom. The van der Waals surface area contributed by atoms with Crippen LogP contribution in [0.1, 0.15) is 48.4 Å². The summed E-state index contributed by atoms with van der Waals surface area (Å²) in [5.74, 6) is 0.621. The monoisotopic (exact) mass is 487 g/mol. The van der Waals surface area contributed by atoms with E-state index in [1.807, 2.05) is 17.0 Å². The molecule has 1 aliphatic rings. The minimum absolute atomic E-state index is 0.0398. The molecule has 0 spiro atoms. The van der Waals surface area contributed by atoms with Crippen molar-refractivity contribution in [1.29, 1.82) is 0 Å². The molecule has 1 aliphatic heterocycles. The van der Waals surface area contributed by atoms with E-state index in [1.165, 1.54) is 5.01 Å². The number of benzene rings is 1. The molecule has 3 heterocycles. The van der Waals surface area contributed by atoms with Crippen LogP contribution in [-0.4, -0.2) is 56.7 Å². The predicted molar refractivity (Wildman–Crippen MR) is 131 cm³/mol. The van der Waals surface area contributed by atoms with Gasteiger partial charge in [-0.05, 0) is 30.7 Å². The summed E-state index contributed by atoms with van der Waals surface area (Å²) in [7, 11) is 0. The predicted octanol–water partition coefficient (Wildman–Crippen LogP) is 4.68. The number of hydrogen-bond donors (Lipinski definition) is 0. The summed E-state index contributed by atoms with van der Waals surface area (Å²) in [5, 5.41) is 8.35. The number of aromatic nitrogens is 3. The van der Waals surface area contributed by atoms with E-state index in [4.69, 9.17) is 21.3 Å². The topological polar surface area (TPSA) is 63.5 Å². The van der Waals surface area contributed by atoms with Gasteiger partial charge in [0.2, 0.25) is 0 Å². The molecule has 2 aromatic heterocycles. The number of halogens is 1. The highest BCUT2D eigenvalue weighted by molar-refractivity contribution is 7.09. The average molecular weight is 488 g/mol. The molecular formula is C24H30ClN5O2S. The van der Waals surface area contributed by atoms with Gasteiger partial charge in [0.05, 0.1) is 10.7 Å². The largest absolute Gasteiger partial charge is 0.471 e. The first kappa shape index (κ1) is 23.7. The fraction of sp³-hybridized carbons (Fsp3) is 0.458. The maximum Gasteiger partial charge on any atom is 0.274 e. The van der Waals surface area contributed by atoms with Gasteiger partial charge < -0.3 is 9.64 Å². The van der Waals surface area contributed by atoms with Crippen molar-refractivity contribution in [3.05, 3.63) is 63.3 Å². The van der Waals surface area contributed by atoms with E-state index in [0.29, 0.717) is 23.0 Å². The summed E-state index contributed by atoms with van der Waals surface area (Å²) < 4.78 is 7.32. The Balaban J connectivity index is 1.30. The molecule has 4 rings (SSSR count). The van der Waals surface area contributed by atoms with E-state index in [2.05, 4.69) is 36.1 Å².